The molecule has 0 saturated carbocycles. The molecule has 35 heavy (non-hydrogen) atoms. The molecule has 2 aliphatic heterocycles. The highest BCUT2D eigenvalue weighted by atomic mass is 32.2. The first-order chi connectivity index (χ1) is 17.0. The van der Waals surface area contributed by atoms with Crippen LogP contribution in [-0.2, 0) is 32.6 Å². The number of benzene rings is 2. The third kappa shape index (κ3) is 5.56. The lowest BCUT2D eigenvalue weighted by Crippen LogP contribution is -2.51. The van der Waals surface area contributed by atoms with E-state index in [9.17, 15) is 13.2 Å². The minimum Gasteiger partial charge on any atom is -0.379 e. The van der Waals surface area contributed by atoms with Gasteiger partial charge in [-0.25, -0.2) is 4.98 Å². The van der Waals surface area contributed by atoms with Crippen molar-refractivity contribution in [2.75, 3.05) is 44.7 Å². The van der Waals surface area contributed by atoms with Gasteiger partial charge in [0.1, 0.15) is 5.82 Å². The summed E-state index contributed by atoms with van der Waals surface area (Å²) in [5.41, 5.74) is 3.74. The molecule has 0 aliphatic carbocycles. The molecule has 0 bridgehead atoms. The third-order valence-electron chi connectivity index (χ3n) is 6.74. The quantitative estimate of drug-likeness (QED) is 0.522. The second-order valence-corrected chi connectivity index (χ2v) is 11.0. The number of carbonyl (C=O) groups excluding carboxylic acids is 1. The Morgan fingerprint density at radius 3 is 2.46 bits per heavy atom. The van der Waals surface area contributed by atoms with E-state index < -0.39 is 10.2 Å². The number of aromatic nitrogens is 2. The van der Waals surface area contributed by atoms with Crippen LogP contribution >= 0.6 is 0 Å². The van der Waals surface area contributed by atoms with Gasteiger partial charge in [-0.3, -0.25) is 4.79 Å². The average Bonchev–Trinajstić information content (AvgIpc) is 3.31. The van der Waals surface area contributed by atoms with Gasteiger partial charge in [-0.05, 0) is 43.0 Å². The van der Waals surface area contributed by atoms with E-state index in [0.29, 0.717) is 57.9 Å². The molecule has 2 fully saturated rings. The van der Waals surface area contributed by atoms with Crippen molar-refractivity contribution >= 4 is 32.8 Å². The number of hydrogen-bond acceptors (Lipinski definition) is 5. The first kappa shape index (κ1) is 23.9. The van der Waals surface area contributed by atoms with Crippen molar-refractivity contribution in [2.45, 2.75) is 25.7 Å². The molecule has 0 atom stereocenters. The van der Waals surface area contributed by atoms with Crippen LogP contribution in [0.25, 0.3) is 11.0 Å². The van der Waals surface area contributed by atoms with Crippen LogP contribution in [0.3, 0.4) is 0 Å². The Bertz CT molecular complexity index is 1260. The summed E-state index contributed by atoms with van der Waals surface area (Å²) >= 11 is 0. The number of amides is 1. The number of H-pyrrole nitrogens is 1. The van der Waals surface area contributed by atoms with Crippen molar-refractivity contribution in [3.8, 4) is 0 Å². The third-order valence-corrected chi connectivity index (χ3v) is 8.77. The van der Waals surface area contributed by atoms with Crippen LogP contribution in [0.1, 0.15) is 24.2 Å². The zero-order chi connectivity index (χ0) is 24.3. The molecular weight excluding hydrogens is 466 g/mol. The first-order valence-electron chi connectivity index (χ1n) is 12.2. The maximum Gasteiger partial charge on any atom is 0.282 e. The molecule has 2 N–H and O–H groups in total. The van der Waals surface area contributed by atoms with Gasteiger partial charge >= 0.3 is 0 Å². The Balaban J connectivity index is 1.16. The lowest BCUT2D eigenvalue weighted by atomic mass is 9.97. The zero-order valence-corrected chi connectivity index (χ0v) is 20.5. The molecule has 0 unspecified atom stereocenters. The van der Waals surface area contributed by atoms with Crippen LogP contribution in [0.4, 0.5) is 5.69 Å². The Labute approximate surface area is 205 Å². The van der Waals surface area contributed by atoms with Gasteiger partial charge in [0, 0.05) is 44.2 Å². The summed E-state index contributed by atoms with van der Waals surface area (Å²) in [5, 5.41) is 3.01. The number of carbonyl (C=O) groups is 1. The second-order valence-electron chi connectivity index (χ2n) is 9.08. The lowest BCUT2D eigenvalue weighted by molar-refractivity contribution is -0.120. The second kappa shape index (κ2) is 10.4. The van der Waals surface area contributed by atoms with Gasteiger partial charge in [0.05, 0.1) is 24.2 Å². The number of fused-ring (bicyclic) bond motifs is 1. The highest BCUT2D eigenvalue weighted by Crippen LogP contribution is 2.24. The fourth-order valence-electron chi connectivity index (χ4n) is 4.70. The maximum absolute atomic E-state index is 12.9. The topological polar surface area (TPSA) is 108 Å². The molecule has 2 aliphatic rings. The van der Waals surface area contributed by atoms with E-state index in [1.165, 1.54) is 14.2 Å². The normalized spacial score (nSPS) is 18.6. The number of piperidine rings is 1. The SMILES string of the molecule is O=C(Nc1ccc2nc(CCc3ccccc3)[nH]c2c1)C1CCN(S(=O)(=O)N2CCOCC2)CC1. The van der Waals surface area contributed by atoms with Crippen LogP contribution in [0.5, 0.6) is 0 Å². The number of aryl methyl sites for hydroxylation is 2. The molecule has 10 heteroatoms. The first-order valence-corrected chi connectivity index (χ1v) is 13.6. The summed E-state index contributed by atoms with van der Waals surface area (Å²) in [6.45, 7) is 2.31. The molecule has 1 amide bonds. The minimum absolute atomic E-state index is 0.0726. The van der Waals surface area contributed by atoms with Crippen LogP contribution in [0.2, 0.25) is 0 Å². The predicted molar refractivity (Wildman–Crippen MR) is 134 cm³/mol. The van der Waals surface area contributed by atoms with Gasteiger partial charge in [-0.15, -0.1) is 0 Å². The van der Waals surface area contributed by atoms with E-state index >= 15 is 0 Å². The standard InChI is InChI=1S/C25H31N5O4S/c31-25(20-10-12-29(13-11-20)35(32,33)30-14-16-34-17-15-30)26-21-7-8-22-23(18-21)28-24(27-22)9-6-19-4-2-1-3-5-19/h1-5,7-8,18,20H,6,9-17H2,(H,26,31)(H,27,28). The molecular formula is C25H31N5O4S. The van der Waals surface area contributed by atoms with Gasteiger partial charge in [-0.1, -0.05) is 30.3 Å². The van der Waals surface area contributed by atoms with Crippen LogP contribution in [-0.4, -0.2) is 72.3 Å². The number of hydrogen-bond donors (Lipinski definition) is 2. The molecule has 186 valence electrons. The number of ether oxygens (including phenoxy) is 1. The molecule has 2 saturated heterocycles. The van der Waals surface area contributed by atoms with E-state index in [1.54, 1.807) is 0 Å². The largest absolute Gasteiger partial charge is 0.379 e. The minimum atomic E-state index is -3.49. The molecule has 5 rings (SSSR count). The Kier molecular flexibility index (Phi) is 7.14. The van der Waals surface area contributed by atoms with E-state index in [0.717, 1.165) is 29.7 Å². The highest BCUT2D eigenvalue weighted by molar-refractivity contribution is 7.86. The number of morpholine rings is 1. The van der Waals surface area contributed by atoms with E-state index in [4.69, 9.17) is 4.74 Å². The van der Waals surface area contributed by atoms with E-state index in [1.807, 2.05) is 36.4 Å². The van der Waals surface area contributed by atoms with Gasteiger partial charge in [-0.2, -0.15) is 17.0 Å². The Morgan fingerprint density at radius 2 is 1.71 bits per heavy atom. The summed E-state index contributed by atoms with van der Waals surface area (Å²) in [4.78, 5) is 20.9. The maximum atomic E-state index is 12.9. The van der Waals surface area contributed by atoms with Gasteiger partial charge in [0.25, 0.3) is 10.2 Å². The predicted octanol–water partition coefficient (Wildman–Crippen LogP) is 2.58. The summed E-state index contributed by atoms with van der Waals surface area (Å²) in [6, 6.07) is 16.0. The summed E-state index contributed by atoms with van der Waals surface area (Å²) in [6.07, 6.45) is 2.73. The molecule has 0 spiro atoms. The average molecular weight is 498 g/mol. The number of imidazole rings is 1. The number of aromatic amines is 1. The fourth-order valence-corrected chi connectivity index (χ4v) is 6.31. The fraction of sp³-hybridized carbons (Fsp3) is 0.440. The number of rotatable bonds is 7. The molecule has 9 nitrogen and oxygen atoms in total. The molecule has 2 aromatic carbocycles. The van der Waals surface area contributed by atoms with Crippen molar-refractivity contribution in [1.29, 1.82) is 0 Å². The van der Waals surface area contributed by atoms with Crippen LogP contribution in [0, 0.1) is 5.92 Å². The number of nitrogens with zero attached hydrogens (tertiary/aromatic N) is 3. The molecule has 3 aromatic rings. The molecule has 1 aromatic heterocycles. The molecule has 0 radical (unpaired) electrons. The van der Waals surface area contributed by atoms with Crippen molar-refractivity contribution in [1.82, 2.24) is 18.6 Å². The zero-order valence-electron chi connectivity index (χ0n) is 19.7. The number of nitrogens with one attached hydrogen (secondary N) is 2. The van der Waals surface area contributed by atoms with Crippen molar-refractivity contribution in [3.05, 3.63) is 59.9 Å². The Hall–Kier alpha value is -2.79. The van der Waals surface area contributed by atoms with Crippen molar-refractivity contribution in [3.63, 3.8) is 0 Å². The molecule has 3 heterocycles. The highest BCUT2D eigenvalue weighted by Gasteiger charge is 2.35. The lowest BCUT2D eigenvalue weighted by Gasteiger charge is -2.35. The van der Waals surface area contributed by atoms with E-state index in [2.05, 4.69) is 27.4 Å². The summed E-state index contributed by atoms with van der Waals surface area (Å²) < 4.78 is 33.9. The van der Waals surface area contributed by atoms with Gasteiger partial charge < -0.3 is 15.0 Å². The van der Waals surface area contributed by atoms with Crippen molar-refractivity contribution < 1.29 is 17.9 Å². The van der Waals surface area contributed by atoms with Gasteiger partial charge in [0.2, 0.25) is 5.91 Å². The Morgan fingerprint density at radius 1 is 1.00 bits per heavy atom. The smallest absolute Gasteiger partial charge is 0.282 e. The van der Waals surface area contributed by atoms with E-state index in [-0.39, 0.29) is 11.8 Å². The monoisotopic (exact) mass is 497 g/mol. The van der Waals surface area contributed by atoms with Gasteiger partial charge in [0.15, 0.2) is 0 Å². The summed E-state index contributed by atoms with van der Waals surface area (Å²) in [5.74, 6) is 0.628. The van der Waals surface area contributed by atoms with Crippen LogP contribution < -0.4 is 5.32 Å². The van der Waals surface area contributed by atoms with Crippen molar-refractivity contribution in [2.24, 2.45) is 5.92 Å². The van der Waals surface area contributed by atoms with Crippen LogP contribution in [0.15, 0.2) is 48.5 Å². The number of anilines is 1. The summed E-state index contributed by atoms with van der Waals surface area (Å²) in [7, 11) is -3.49.